The van der Waals surface area contributed by atoms with Gasteiger partial charge in [0.1, 0.15) is 22.8 Å². The van der Waals surface area contributed by atoms with Gasteiger partial charge < -0.3 is 14.7 Å². The smallest absolute Gasteiger partial charge is 0.259 e. The molecule has 0 spiro atoms. The number of likely N-dealkylation sites (N-methyl/N-ethyl adjacent to an activating group) is 1. The molecule has 0 aliphatic heterocycles. The molecule has 1 heterocycles. The first-order chi connectivity index (χ1) is 13.3. The van der Waals surface area contributed by atoms with E-state index in [-0.39, 0.29) is 18.0 Å². The van der Waals surface area contributed by atoms with Crippen LogP contribution in [0.3, 0.4) is 0 Å². The second-order valence-electron chi connectivity index (χ2n) is 6.19. The Bertz CT molecular complexity index is 1020. The summed E-state index contributed by atoms with van der Waals surface area (Å²) in [5, 5.41) is 7.09. The Morgan fingerprint density at radius 3 is 2.61 bits per heavy atom. The molecule has 2 amide bonds. The van der Waals surface area contributed by atoms with Gasteiger partial charge in [0.25, 0.3) is 5.91 Å². The van der Waals surface area contributed by atoms with Crippen molar-refractivity contribution in [3.05, 3.63) is 70.7 Å². The van der Waals surface area contributed by atoms with E-state index in [2.05, 4.69) is 10.5 Å². The molecule has 6 nitrogen and oxygen atoms in total. The van der Waals surface area contributed by atoms with Crippen molar-refractivity contribution in [2.24, 2.45) is 0 Å². The van der Waals surface area contributed by atoms with Crippen molar-refractivity contribution in [1.29, 1.82) is 0 Å². The van der Waals surface area contributed by atoms with Gasteiger partial charge in [-0.05, 0) is 49.4 Å². The molecule has 3 aromatic rings. The van der Waals surface area contributed by atoms with E-state index in [0.717, 1.165) is 0 Å². The molecule has 2 aromatic carbocycles. The number of benzene rings is 2. The minimum atomic E-state index is -0.431. The number of carbonyl (C=O) groups excluding carboxylic acids is 2. The van der Waals surface area contributed by atoms with Crippen LogP contribution in [0.25, 0.3) is 11.3 Å². The van der Waals surface area contributed by atoms with E-state index in [9.17, 15) is 14.0 Å². The zero-order valence-electron chi connectivity index (χ0n) is 15.2. The molecule has 1 aromatic heterocycles. The van der Waals surface area contributed by atoms with E-state index in [1.807, 2.05) is 0 Å². The van der Waals surface area contributed by atoms with Crippen LogP contribution in [0.2, 0.25) is 5.02 Å². The zero-order chi connectivity index (χ0) is 20.3. The van der Waals surface area contributed by atoms with E-state index in [4.69, 9.17) is 16.1 Å². The van der Waals surface area contributed by atoms with Gasteiger partial charge in [-0.25, -0.2) is 4.39 Å². The molecular weight excluding hydrogens is 385 g/mol. The van der Waals surface area contributed by atoms with Crippen LogP contribution in [-0.2, 0) is 4.79 Å². The molecule has 144 valence electrons. The molecule has 28 heavy (non-hydrogen) atoms. The summed E-state index contributed by atoms with van der Waals surface area (Å²) < 4.78 is 18.3. The standard InChI is InChI=1S/C20H17ClFN3O3/c1-12-18(19(24-28-12)13-6-8-15(22)9-7-13)20(27)25(2)11-17(26)23-16-5-3-4-14(21)10-16/h3-10H,11H2,1-2H3,(H,23,26). The Morgan fingerprint density at radius 2 is 1.93 bits per heavy atom. The summed E-state index contributed by atoms with van der Waals surface area (Å²) in [5.74, 6) is -0.895. The quantitative estimate of drug-likeness (QED) is 0.696. The van der Waals surface area contributed by atoms with E-state index in [0.29, 0.717) is 27.7 Å². The molecule has 0 saturated heterocycles. The number of aromatic nitrogens is 1. The minimum Gasteiger partial charge on any atom is -0.360 e. The van der Waals surface area contributed by atoms with Crippen molar-refractivity contribution in [1.82, 2.24) is 10.1 Å². The van der Waals surface area contributed by atoms with Gasteiger partial charge in [0.2, 0.25) is 5.91 Å². The lowest BCUT2D eigenvalue weighted by molar-refractivity contribution is -0.116. The lowest BCUT2D eigenvalue weighted by atomic mass is 10.1. The van der Waals surface area contributed by atoms with Crippen molar-refractivity contribution in [2.75, 3.05) is 18.9 Å². The Hall–Kier alpha value is -3.19. The summed E-state index contributed by atoms with van der Waals surface area (Å²) in [6, 6.07) is 12.3. The maximum Gasteiger partial charge on any atom is 0.259 e. The van der Waals surface area contributed by atoms with Gasteiger partial charge in [0.15, 0.2) is 0 Å². The number of rotatable bonds is 5. The second-order valence-corrected chi connectivity index (χ2v) is 6.63. The van der Waals surface area contributed by atoms with Crippen LogP contribution in [0.4, 0.5) is 10.1 Å². The second kappa shape index (κ2) is 8.22. The predicted molar refractivity (Wildman–Crippen MR) is 104 cm³/mol. The summed E-state index contributed by atoms with van der Waals surface area (Å²) >= 11 is 5.90. The number of nitrogens with zero attached hydrogens (tertiary/aromatic N) is 2. The molecule has 0 bridgehead atoms. The van der Waals surface area contributed by atoms with Crippen LogP contribution in [0.15, 0.2) is 53.1 Å². The first kappa shape index (κ1) is 19.6. The Kier molecular flexibility index (Phi) is 5.75. The number of halogens is 2. The normalized spacial score (nSPS) is 10.6. The summed E-state index contributed by atoms with van der Waals surface area (Å²) in [5.41, 5.74) is 1.60. The van der Waals surface area contributed by atoms with Crippen LogP contribution in [0.1, 0.15) is 16.1 Å². The molecule has 0 aliphatic carbocycles. The third-order valence-corrected chi connectivity index (χ3v) is 4.27. The first-order valence-electron chi connectivity index (χ1n) is 8.38. The Morgan fingerprint density at radius 1 is 1.21 bits per heavy atom. The third kappa shape index (κ3) is 4.37. The fourth-order valence-electron chi connectivity index (χ4n) is 2.67. The number of anilines is 1. The van der Waals surface area contributed by atoms with Crippen molar-refractivity contribution >= 4 is 29.1 Å². The molecule has 0 saturated carbocycles. The highest BCUT2D eigenvalue weighted by molar-refractivity contribution is 6.30. The summed E-state index contributed by atoms with van der Waals surface area (Å²) in [6.45, 7) is 1.42. The largest absolute Gasteiger partial charge is 0.360 e. The van der Waals surface area contributed by atoms with E-state index in [1.54, 1.807) is 31.2 Å². The number of hydrogen-bond donors (Lipinski definition) is 1. The van der Waals surface area contributed by atoms with Gasteiger partial charge in [0, 0.05) is 23.3 Å². The van der Waals surface area contributed by atoms with Crippen LogP contribution in [-0.4, -0.2) is 35.5 Å². The average Bonchev–Trinajstić information content (AvgIpc) is 3.03. The highest BCUT2D eigenvalue weighted by Gasteiger charge is 2.25. The number of carbonyl (C=O) groups is 2. The SMILES string of the molecule is Cc1onc(-c2ccc(F)cc2)c1C(=O)N(C)CC(=O)Nc1cccc(Cl)c1. The molecule has 0 radical (unpaired) electrons. The molecule has 0 unspecified atom stereocenters. The van der Waals surface area contributed by atoms with Crippen LogP contribution in [0, 0.1) is 12.7 Å². The highest BCUT2D eigenvalue weighted by Crippen LogP contribution is 2.26. The van der Waals surface area contributed by atoms with Gasteiger partial charge in [0.05, 0.1) is 6.54 Å². The fourth-order valence-corrected chi connectivity index (χ4v) is 2.86. The molecule has 1 N–H and O–H groups in total. The summed E-state index contributed by atoms with van der Waals surface area (Å²) in [7, 11) is 1.50. The lowest BCUT2D eigenvalue weighted by Gasteiger charge is -2.17. The van der Waals surface area contributed by atoms with Crippen LogP contribution < -0.4 is 5.32 Å². The molecule has 0 atom stereocenters. The molecule has 8 heteroatoms. The number of aryl methyl sites for hydroxylation is 1. The van der Waals surface area contributed by atoms with Gasteiger partial charge in [-0.15, -0.1) is 0 Å². The zero-order valence-corrected chi connectivity index (χ0v) is 16.0. The molecular formula is C20H17ClFN3O3. The maximum absolute atomic E-state index is 13.2. The summed E-state index contributed by atoms with van der Waals surface area (Å²) in [4.78, 5) is 26.4. The highest BCUT2D eigenvalue weighted by atomic mass is 35.5. The maximum atomic E-state index is 13.2. The van der Waals surface area contributed by atoms with Gasteiger partial charge in [-0.3, -0.25) is 9.59 Å². The van der Waals surface area contributed by atoms with E-state index < -0.39 is 11.7 Å². The topological polar surface area (TPSA) is 75.4 Å². The van der Waals surface area contributed by atoms with E-state index in [1.165, 1.54) is 36.2 Å². The van der Waals surface area contributed by atoms with Gasteiger partial charge in [-0.1, -0.05) is 22.8 Å². The van der Waals surface area contributed by atoms with Crippen LogP contribution in [0.5, 0.6) is 0 Å². The van der Waals surface area contributed by atoms with Crippen LogP contribution >= 0.6 is 11.6 Å². The predicted octanol–water partition coefficient (Wildman–Crippen LogP) is 4.15. The number of amides is 2. The van der Waals surface area contributed by atoms with Crippen molar-refractivity contribution in [3.63, 3.8) is 0 Å². The third-order valence-electron chi connectivity index (χ3n) is 4.03. The van der Waals surface area contributed by atoms with Gasteiger partial charge >= 0.3 is 0 Å². The van der Waals surface area contributed by atoms with E-state index >= 15 is 0 Å². The number of hydrogen-bond acceptors (Lipinski definition) is 4. The Balaban J connectivity index is 1.75. The monoisotopic (exact) mass is 401 g/mol. The first-order valence-corrected chi connectivity index (χ1v) is 8.76. The van der Waals surface area contributed by atoms with Crippen molar-refractivity contribution in [3.8, 4) is 11.3 Å². The molecule has 0 aliphatic rings. The fraction of sp³-hybridized carbons (Fsp3) is 0.150. The Labute approximate surface area is 165 Å². The van der Waals surface area contributed by atoms with Crippen molar-refractivity contribution in [2.45, 2.75) is 6.92 Å². The van der Waals surface area contributed by atoms with Crippen molar-refractivity contribution < 1.29 is 18.5 Å². The summed E-state index contributed by atoms with van der Waals surface area (Å²) in [6.07, 6.45) is 0. The lowest BCUT2D eigenvalue weighted by Crippen LogP contribution is -2.35. The minimum absolute atomic E-state index is 0.182. The average molecular weight is 402 g/mol. The molecule has 3 rings (SSSR count). The molecule has 0 fully saturated rings. The number of nitrogens with one attached hydrogen (secondary N) is 1. The van der Waals surface area contributed by atoms with Gasteiger partial charge in [-0.2, -0.15) is 0 Å².